The van der Waals surface area contributed by atoms with Crippen LogP contribution in [-0.2, 0) is 0 Å². The number of benzene rings is 1. The topological polar surface area (TPSA) is 35.2 Å². The van der Waals surface area contributed by atoms with E-state index < -0.39 is 0 Å². The predicted octanol–water partition coefficient (Wildman–Crippen LogP) is 3.10. The number of nitrogen functional groups attached to an aromatic ring is 1. The molecular formula is C9H8INOS. The number of hydrogen-bond donors (Lipinski definition) is 1. The van der Waals surface area contributed by atoms with Crippen LogP contribution in [0.2, 0.25) is 0 Å². The molecule has 0 unspecified atom stereocenters. The van der Waals surface area contributed by atoms with E-state index in [9.17, 15) is 0 Å². The third kappa shape index (κ3) is 1.48. The van der Waals surface area contributed by atoms with Gasteiger partial charge in [-0.15, -0.1) is 11.3 Å². The maximum atomic E-state index is 5.91. The molecule has 0 saturated heterocycles. The lowest BCUT2D eigenvalue weighted by Gasteiger charge is -1.98. The van der Waals surface area contributed by atoms with Crippen LogP contribution in [0.5, 0.6) is 5.75 Å². The largest absolute Gasteiger partial charge is 0.497 e. The molecule has 2 nitrogen and oxygen atoms in total. The van der Waals surface area contributed by atoms with Crippen molar-refractivity contribution in [3.63, 3.8) is 0 Å². The first-order chi connectivity index (χ1) is 6.22. The fourth-order valence-electron chi connectivity index (χ4n) is 1.19. The second-order valence-electron chi connectivity index (χ2n) is 2.65. The molecule has 0 amide bonds. The first-order valence-corrected chi connectivity index (χ1v) is 5.63. The van der Waals surface area contributed by atoms with E-state index in [0.29, 0.717) is 0 Å². The van der Waals surface area contributed by atoms with Gasteiger partial charge in [0, 0.05) is 10.1 Å². The van der Waals surface area contributed by atoms with Gasteiger partial charge in [0.2, 0.25) is 0 Å². The van der Waals surface area contributed by atoms with Crippen LogP contribution in [-0.4, -0.2) is 7.11 Å². The van der Waals surface area contributed by atoms with Crippen molar-refractivity contribution in [1.82, 2.24) is 0 Å². The summed E-state index contributed by atoms with van der Waals surface area (Å²) in [5.41, 5.74) is 6.77. The van der Waals surface area contributed by atoms with Crippen LogP contribution in [0.3, 0.4) is 0 Å². The molecule has 1 aromatic heterocycles. The quantitative estimate of drug-likeness (QED) is 0.822. The fraction of sp³-hybridized carbons (Fsp3) is 0.111. The summed E-state index contributed by atoms with van der Waals surface area (Å²) < 4.78 is 7.48. The number of rotatable bonds is 1. The number of ether oxygens (including phenoxy) is 1. The Kier molecular flexibility index (Phi) is 2.33. The molecule has 68 valence electrons. The van der Waals surface area contributed by atoms with Crippen LogP contribution in [0.4, 0.5) is 5.69 Å². The first-order valence-electron chi connectivity index (χ1n) is 3.74. The molecule has 2 N–H and O–H groups in total. The molecule has 0 saturated carbocycles. The molecule has 0 radical (unpaired) electrons. The van der Waals surface area contributed by atoms with Gasteiger partial charge < -0.3 is 10.5 Å². The Labute approximate surface area is 93.8 Å². The number of anilines is 1. The van der Waals surface area contributed by atoms with E-state index in [1.807, 2.05) is 18.2 Å². The van der Waals surface area contributed by atoms with Crippen LogP contribution >= 0.6 is 33.9 Å². The van der Waals surface area contributed by atoms with E-state index in [1.54, 1.807) is 18.4 Å². The normalized spacial score (nSPS) is 10.6. The second-order valence-corrected chi connectivity index (χ2v) is 5.51. The van der Waals surface area contributed by atoms with Gasteiger partial charge in [-0.1, -0.05) is 0 Å². The van der Waals surface area contributed by atoms with Gasteiger partial charge in [0.1, 0.15) is 5.75 Å². The zero-order valence-corrected chi connectivity index (χ0v) is 9.98. The van der Waals surface area contributed by atoms with Crippen LogP contribution < -0.4 is 10.5 Å². The highest BCUT2D eigenvalue weighted by atomic mass is 127. The molecule has 0 aliphatic rings. The van der Waals surface area contributed by atoms with E-state index in [1.165, 1.54) is 4.70 Å². The highest BCUT2D eigenvalue weighted by Crippen LogP contribution is 2.36. The monoisotopic (exact) mass is 305 g/mol. The lowest BCUT2D eigenvalue weighted by Crippen LogP contribution is -1.85. The Hall–Kier alpha value is -0.490. The van der Waals surface area contributed by atoms with Gasteiger partial charge in [-0.25, -0.2) is 0 Å². The standard InChI is InChI=1S/C9H8INOS/c1-12-5-2-3-7-6(4-5)8(11)9(10)13-7/h2-4H,11H2,1H3. The van der Waals surface area contributed by atoms with Crippen molar-refractivity contribution in [2.45, 2.75) is 0 Å². The molecule has 1 heterocycles. The number of methoxy groups -OCH3 is 1. The molecule has 0 fully saturated rings. The van der Waals surface area contributed by atoms with Crippen LogP contribution in [0.25, 0.3) is 10.1 Å². The Morgan fingerprint density at radius 3 is 2.92 bits per heavy atom. The minimum absolute atomic E-state index is 0.855. The minimum Gasteiger partial charge on any atom is -0.497 e. The first kappa shape index (κ1) is 9.08. The van der Waals surface area contributed by atoms with Crippen molar-refractivity contribution in [3.8, 4) is 5.75 Å². The summed E-state index contributed by atoms with van der Waals surface area (Å²) in [6.45, 7) is 0. The van der Waals surface area contributed by atoms with E-state index in [-0.39, 0.29) is 0 Å². The fourth-order valence-corrected chi connectivity index (χ4v) is 3.02. The van der Waals surface area contributed by atoms with Crippen LogP contribution in [0, 0.1) is 2.88 Å². The Bertz CT molecular complexity index is 452. The zero-order valence-electron chi connectivity index (χ0n) is 7.00. The molecule has 0 atom stereocenters. The van der Waals surface area contributed by atoms with Crippen LogP contribution in [0.1, 0.15) is 0 Å². The third-order valence-corrected chi connectivity index (χ3v) is 4.10. The molecule has 2 aromatic rings. The number of thiophene rings is 1. The predicted molar refractivity (Wildman–Crippen MR) is 65.5 cm³/mol. The van der Waals surface area contributed by atoms with E-state index in [2.05, 4.69) is 22.6 Å². The van der Waals surface area contributed by atoms with Gasteiger partial charge in [-0.2, -0.15) is 0 Å². The summed E-state index contributed by atoms with van der Waals surface area (Å²) in [7, 11) is 1.66. The Morgan fingerprint density at radius 1 is 1.46 bits per heavy atom. The molecule has 0 bridgehead atoms. The molecule has 0 aliphatic carbocycles. The molecular weight excluding hydrogens is 297 g/mol. The molecule has 2 rings (SSSR count). The smallest absolute Gasteiger partial charge is 0.119 e. The average molecular weight is 305 g/mol. The summed E-state index contributed by atoms with van der Waals surface area (Å²) >= 11 is 3.96. The second kappa shape index (κ2) is 3.34. The number of hydrogen-bond acceptors (Lipinski definition) is 3. The molecule has 1 aromatic carbocycles. The SMILES string of the molecule is COc1ccc2sc(I)c(N)c2c1. The van der Waals surface area contributed by atoms with Gasteiger partial charge in [0.25, 0.3) is 0 Å². The Morgan fingerprint density at radius 2 is 2.23 bits per heavy atom. The third-order valence-electron chi connectivity index (χ3n) is 1.89. The molecule has 4 heteroatoms. The molecule has 13 heavy (non-hydrogen) atoms. The summed E-state index contributed by atoms with van der Waals surface area (Å²) in [4.78, 5) is 0. The zero-order chi connectivity index (χ0) is 9.42. The van der Waals surface area contributed by atoms with Crippen molar-refractivity contribution in [1.29, 1.82) is 0 Å². The number of halogens is 1. The van der Waals surface area contributed by atoms with Crippen LogP contribution in [0.15, 0.2) is 18.2 Å². The van der Waals surface area contributed by atoms with Crippen molar-refractivity contribution >= 4 is 49.7 Å². The lowest BCUT2D eigenvalue weighted by atomic mass is 10.2. The summed E-state index contributed by atoms with van der Waals surface area (Å²) in [6, 6.07) is 5.97. The van der Waals surface area contributed by atoms with Gasteiger partial charge in [0.15, 0.2) is 0 Å². The summed E-state index contributed by atoms with van der Waals surface area (Å²) in [5.74, 6) is 0.855. The van der Waals surface area contributed by atoms with Gasteiger partial charge in [-0.05, 0) is 40.8 Å². The average Bonchev–Trinajstić information content (AvgIpc) is 2.43. The van der Waals surface area contributed by atoms with Gasteiger partial charge in [0.05, 0.1) is 15.7 Å². The van der Waals surface area contributed by atoms with E-state index >= 15 is 0 Å². The number of nitrogens with two attached hydrogens (primary N) is 1. The summed E-state index contributed by atoms with van der Waals surface area (Å²) in [6.07, 6.45) is 0. The minimum atomic E-state index is 0.855. The number of fused-ring (bicyclic) bond motifs is 1. The highest BCUT2D eigenvalue weighted by molar-refractivity contribution is 14.1. The Balaban J connectivity index is 2.75. The molecule has 0 spiro atoms. The van der Waals surface area contributed by atoms with Gasteiger partial charge in [-0.3, -0.25) is 0 Å². The van der Waals surface area contributed by atoms with Crippen molar-refractivity contribution in [2.75, 3.05) is 12.8 Å². The summed E-state index contributed by atoms with van der Waals surface area (Å²) in [5, 5.41) is 1.09. The van der Waals surface area contributed by atoms with E-state index in [4.69, 9.17) is 10.5 Å². The molecule has 0 aliphatic heterocycles. The maximum Gasteiger partial charge on any atom is 0.119 e. The van der Waals surface area contributed by atoms with E-state index in [0.717, 1.165) is 19.7 Å². The van der Waals surface area contributed by atoms with Crippen molar-refractivity contribution in [2.24, 2.45) is 0 Å². The maximum absolute atomic E-state index is 5.91. The van der Waals surface area contributed by atoms with Crippen molar-refractivity contribution in [3.05, 3.63) is 21.1 Å². The highest BCUT2D eigenvalue weighted by Gasteiger charge is 2.07. The van der Waals surface area contributed by atoms with Gasteiger partial charge >= 0.3 is 0 Å². The lowest BCUT2D eigenvalue weighted by molar-refractivity contribution is 0.415. The van der Waals surface area contributed by atoms with Crippen molar-refractivity contribution < 1.29 is 4.74 Å².